The second-order valence-electron chi connectivity index (χ2n) is 9.15. The fraction of sp³-hybridized carbons (Fsp3) is 0.222. The molecule has 0 radical (unpaired) electrons. The Balaban J connectivity index is 1.67. The predicted octanol–water partition coefficient (Wildman–Crippen LogP) is 5.99. The maximum atomic E-state index is 13.4. The Bertz CT molecular complexity index is 1250. The van der Waals surface area contributed by atoms with Gasteiger partial charge in [-0.1, -0.05) is 74.9 Å². The summed E-state index contributed by atoms with van der Waals surface area (Å²) < 4.78 is 14.5. The molecule has 0 fully saturated rings. The van der Waals surface area contributed by atoms with Gasteiger partial charge in [0.1, 0.15) is 5.82 Å². The number of aryl methyl sites for hydroxylation is 1. The Kier molecular flexibility index (Phi) is 6.09. The fourth-order valence-corrected chi connectivity index (χ4v) is 3.41. The fourth-order valence-electron chi connectivity index (χ4n) is 3.41. The summed E-state index contributed by atoms with van der Waals surface area (Å²) in [6, 6.07) is 21.6. The summed E-state index contributed by atoms with van der Waals surface area (Å²) >= 11 is 0. The number of carbonyl (C=O) groups is 1. The minimum Gasteiger partial charge on any atom is -0.350 e. The highest BCUT2D eigenvalue weighted by Crippen LogP contribution is 2.24. The van der Waals surface area contributed by atoms with Crippen LogP contribution in [0.25, 0.3) is 11.4 Å². The van der Waals surface area contributed by atoms with E-state index in [-0.39, 0.29) is 17.1 Å². The van der Waals surface area contributed by atoms with Crippen molar-refractivity contribution in [2.24, 2.45) is 0 Å². The molecule has 0 spiro atoms. The molecule has 5 nitrogen and oxygen atoms in total. The van der Waals surface area contributed by atoms with Crippen molar-refractivity contribution in [3.8, 4) is 11.4 Å². The second-order valence-corrected chi connectivity index (χ2v) is 9.15. The number of nitrogens with one attached hydrogen (secondary N) is 1. The highest BCUT2D eigenvalue weighted by molar-refractivity contribution is 5.97. The number of benzene rings is 3. The van der Waals surface area contributed by atoms with Gasteiger partial charge < -0.3 is 5.32 Å². The van der Waals surface area contributed by atoms with E-state index in [0.29, 0.717) is 23.9 Å². The third-order valence-electron chi connectivity index (χ3n) is 5.47. The van der Waals surface area contributed by atoms with Crippen molar-refractivity contribution in [2.45, 2.75) is 39.7 Å². The van der Waals surface area contributed by atoms with Gasteiger partial charge in [-0.3, -0.25) is 4.79 Å². The first-order valence-electron chi connectivity index (χ1n) is 10.9. The first-order valence-corrected chi connectivity index (χ1v) is 10.9. The summed E-state index contributed by atoms with van der Waals surface area (Å²) in [5, 5.41) is 7.70. The molecule has 0 amide bonds. The van der Waals surface area contributed by atoms with Crippen LogP contribution in [0.1, 0.15) is 47.8 Å². The van der Waals surface area contributed by atoms with E-state index in [2.05, 4.69) is 36.2 Å². The Labute approximate surface area is 193 Å². The number of hydrogen-bond donors (Lipinski definition) is 1. The molecule has 6 heteroatoms. The average molecular weight is 443 g/mol. The average Bonchev–Trinajstić information content (AvgIpc) is 3.22. The Morgan fingerprint density at radius 3 is 2.18 bits per heavy atom. The Morgan fingerprint density at radius 1 is 0.939 bits per heavy atom. The first kappa shape index (κ1) is 22.4. The lowest BCUT2D eigenvalue weighted by molar-refractivity contribution is 0.0947. The van der Waals surface area contributed by atoms with E-state index in [1.54, 1.807) is 12.1 Å². The molecule has 33 heavy (non-hydrogen) atoms. The molecule has 0 aliphatic heterocycles. The molecule has 0 saturated heterocycles. The van der Waals surface area contributed by atoms with Gasteiger partial charge in [0.25, 0.3) is 5.91 Å². The van der Waals surface area contributed by atoms with Gasteiger partial charge in [-0.25, -0.2) is 4.39 Å². The zero-order chi connectivity index (χ0) is 23.6. The Hall–Kier alpha value is -3.80. The predicted molar refractivity (Wildman–Crippen MR) is 129 cm³/mol. The number of carbonyl (C=O) groups excluding carboxylic acids is 1. The largest absolute Gasteiger partial charge is 0.350 e. The highest BCUT2D eigenvalue weighted by atomic mass is 19.1. The van der Waals surface area contributed by atoms with E-state index >= 15 is 0 Å². The Morgan fingerprint density at radius 2 is 1.58 bits per heavy atom. The number of anilines is 1. The van der Waals surface area contributed by atoms with Crippen LogP contribution in [0.2, 0.25) is 0 Å². The van der Waals surface area contributed by atoms with Gasteiger partial charge in [-0.05, 0) is 47.7 Å². The zero-order valence-corrected chi connectivity index (χ0v) is 19.3. The molecule has 0 bridgehead atoms. The minimum atomic E-state index is -0.294. The monoisotopic (exact) mass is 442 g/mol. The standard InChI is InChI=1S/C27H27FN4O/c1-18-5-9-20(10-6-18)24-30-26(29-17-19-7-15-23(28)16-8-19)32(31-24)25(33)21-11-13-22(14-12-21)27(2,3)4/h5-16H,17H2,1-4H3,(H,29,30,31). The molecule has 0 unspecified atom stereocenters. The molecule has 1 aromatic heterocycles. The molecule has 168 valence electrons. The number of halogens is 1. The van der Waals surface area contributed by atoms with E-state index < -0.39 is 0 Å². The van der Waals surface area contributed by atoms with Gasteiger partial charge in [-0.2, -0.15) is 9.67 Å². The zero-order valence-electron chi connectivity index (χ0n) is 19.3. The van der Waals surface area contributed by atoms with Gasteiger partial charge >= 0.3 is 0 Å². The van der Waals surface area contributed by atoms with Crippen molar-refractivity contribution in [3.63, 3.8) is 0 Å². The van der Waals surface area contributed by atoms with Gasteiger partial charge in [0.2, 0.25) is 5.95 Å². The van der Waals surface area contributed by atoms with Crippen LogP contribution in [0.4, 0.5) is 10.3 Å². The van der Waals surface area contributed by atoms with E-state index in [9.17, 15) is 9.18 Å². The van der Waals surface area contributed by atoms with Gasteiger partial charge in [0, 0.05) is 17.7 Å². The maximum absolute atomic E-state index is 13.4. The van der Waals surface area contributed by atoms with Gasteiger partial charge in [-0.15, -0.1) is 5.10 Å². The topological polar surface area (TPSA) is 59.8 Å². The summed E-state index contributed by atoms with van der Waals surface area (Å²) in [7, 11) is 0. The summed E-state index contributed by atoms with van der Waals surface area (Å²) in [5.41, 5.74) is 4.48. The number of nitrogens with zero attached hydrogens (tertiary/aromatic N) is 3. The van der Waals surface area contributed by atoms with Crippen LogP contribution in [0.3, 0.4) is 0 Å². The molecule has 4 rings (SSSR count). The molecule has 0 aliphatic rings. The molecular weight excluding hydrogens is 415 g/mol. The third-order valence-corrected chi connectivity index (χ3v) is 5.47. The quantitative estimate of drug-likeness (QED) is 0.412. The van der Waals surface area contributed by atoms with Crippen LogP contribution in [0.15, 0.2) is 72.8 Å². The van der Waals surface area contributed by atoms with Crippen LogP contribution in [-0.4, -0.2) is 20.7 Å². The summed E-state index contributed by atoms with van der Waals surface area (Å²) in [4.78, 5) is 17.9. The third kappa shape index (κ3) is 5.17. The lowest BCUT2D eigenvalue weighted by atomic mass is 9.87. The molecule has 4 aromatic rings. The van der Waals surface area contributed by atoms with Crippen molar-refractivity contribution < 1.29 is 9.18 Å². The van der Waals surface area contributed by atoms with E-state index in [1.165, 1.54) is 16.8 Å². The summed E-state index contributed by atoms with van der Waals surface area (Å²) in [6.07, 6.45) is 0. The van der Waals surface area contributed by atoms with Gasteiger partial charge in [0.15, 0.2) is 5.82 Å². The van der Waals surface area contributed by atoms with Crippen molar-refractivity contribution in [1.82, 2.24) is 14.8 Å². The molecule has 0 aliphatic carbocycles. The first-order chi connectivity index (χ1) is 15.7. The highest BCUT2D eigenvalue weighted by Gasteiger charge is 2.20. The van der Waals surface area contributed by atoms with Crippen LogP contribution < -0.4 is 5.32 Å². The van der Waals surface area contributed by atoms with Crippen LogP contribution in [0, 0.1) is 12.7 Å². The van der Waals surface area contributed by atoms with Crippen LogP contribution in [-0.2, 0) is 12.0 Å². The summed E-state index contributed by atoms with van der Waals surface area (Å²) in [6.45, 7) is 8.78. The van der Waals surface area contributed by atoms with Gasteiger partial charge in [0.05, 0.1) is 0 Å². The van der Waals surface area contributed by atoms with Crippen molar-refractivity contribution in [2.75, 3.05) is 5.32 Å². The molecule has 0 atom stereocenters. The number of hydrogen-bond acceptors (Lipinski definition) is 4. The molecular formula is C27H27FN4O. The van der Waals surface area contributed by atoms with E-state index in [4.69, 9.17) is 0 Å². The minimum absolute atomic E-state index is 0.00465. The second kappa shape index (κ2) is 8.98. The molecule has 1 heterocycles. The van der Waals surface area contributed by atoms with E-state index in [0.717, 1.165) is 22.3 Å². The molecule has 1 N–H and O–H groups in total. The normalized spacial score (nSPS) is 11.4. The van der Waals surface area contributed by atoms with E-state index in [1.807, 2.05) is 55.5 Å². The van der Waals surface area contributed by atoms with Crippen molar-refractivity contribution >= 4 is 11.9 Å². The number of aromatic nitrogens is 3. The van der Waals surface area contributed by atoms with Crippen LogP contribution in [0.5, 0.6) is 0 Å². The lowest BCUT2D eigenvalue weighted by Gasteiger charge is -2.19. The van der Waals surface area contributed by atoms with Crippen LogP contribution >= 0.6 is 0 Å². The maximum Gasteiger partial charge on any atom is 0.281 e. The van der Waals surface area contributed by atoms with Crippen molar-refractivity contribution in [1.29, 1.82) is 0 Å². The molecule has 0 saturated carbocycles. The smallest absolute Gasteiger partial charge is 0.281 e. The SMILES string of the molecule is Cc1ccc(-c2nc(NCc3ccc(F)cc3)n(C(=O)c3ccc(C(C)(C)C)cc3)n2)cc1. The van der Waals surface area contributed by atoms with Crippen molar-refractivity contribution in [3.05, 3.63) is 101 Å². The number of rotatable bonds is 5. The lowest BCUT2D eigenvalue weighted by Crippen LogP contribution is -2.18. The summed E-state index contributed by atoms with van der Waals surface area (Å²) in [5.74, 6) is 0.219. The molecule has 3 aromatic carbocycles.